The van der Waals surface area contributed by atoms with E-state index in [1.165, 1.54) is 12.1 Å². The molecule has 0 aliphatic heterocycles. The summed E-state index contributed by atoms with van der Waals surface area (Å²) in [5.41, 5.74) is -0.235. The Morgan fingerprint density at radius 1 is 1.39 bits per heavy atom. The number of benzene rings is 1. The summed E-state index contributed by atoms with van der Waals surface area (Å²) < 4.78 is 17.9. The molecule has 1 aromatic carbocycles. The first-order valence-corrected chi connectivity index (χ1v) is 5.83. The molecule has 0 radical (unpaired) electrons. The van der Waals surface area contributed by atoms with Gasteiger partial charge in [0.25, 0.3) is 0 Å². The highest BCUT2D eigenvalue weighted by atomic mass is 19.1. The van der Waals surface area contributed by atoms with Crippen LogP contribution >= 0.6 is 0 Å². The summed E-state index contributed by atoms with van der Waals surface area (Å²) in [6, 6.07) is 3.88. The summed E-state index contributed by atoms with van der Waals surface area (Å²) in [6.07, 6.45) is 0.519. The second kappa shape index (κ2) is 6.68. The number of halogens is 1. The van der Waals surface area contributed by atoms with Crippen molar-refractivity contribution >= 4 is 0 Å². The topological polar surface area (TPSA) is 61.7 Å². The average molecular weight is 257 g/mol. The minimum absolute atomic E-state index is 0.0991. The third-order valence-electron chi connectivity index (χ3n) is 2.62. The van der Waals surface area contributed by atoms with Gasteiger partial charge in [-0.3, -0.25) is 0 Å². The Bertz CT molecular complexity index is 362. The van der Waals surface area contributed by atoms with E-state index in [0.717, 1.165) is 6.07 Å². The molecule has 102 valence electrons. The highest BCUT2D eigenvalue weighted by Gasteiger charge is 2.19. The Labute approximate surface area is 106 Å². The van der Waals surface area contributed by atoms with Crippen LogP contribution in [0.1, 0.15) is 18.9 Å². The van der Waals surface area contributed by atoms with Crippen LogP contribution in [0.15, 0.2) is 18.2 Å². The van der Waals surface area contributed by atoms with Crippen LogP contribution in [0.5, 0.6) is 5.75 Å². The molecule has 3 N–H and O–H groups in total. The zero-order valence-corrected chi connectivity index (χ0v) is 10.7. The second-order valence-corrected chi connectivity index (χ2v) is 4.66. The molecule has 1 rings (SSSR count). The summed E-state index contributed by atoms with van der Waals surface area (Å²) in [7, 11) is 1.58. The van der Waals surface area contributed by atoms with E-state index in [-0.39, 0.29) is 5.75 Å². The molecule has 5 heteroatoms. The van der Waals surface area contributed by atoms with Crippen LogP contribution in [-0.4, -0.2) is 36.1 Å². The van der Waals surface area contributed by atoms with Crippen LogP contribution in [0.4, 0.5) is 4.39 Å². The maximum atomic E-state index is 13.0. The predicted octanol–water partition coefficient (Wildman–Crippen LogP) is 1.41. The van der Waals surface area contributed by atoms with Gasteiger partial charge in [0.1, 0.15) is 11.6 Å². The van der Waals surface area contributed by atoms with Gasteiger partial charge in [0.15, 0.2) is 0 Å². The lowest BCUT2D eigenvalue weighted by atomic mass is 10.0. The number of hydrogen-bond donors (Lipinski definition) is 3. The Morgan fingerprint density at radius 2 is 2.11 bits per heavy atom. The molecule has 0 bridgehead atoms. The van der Waals surface area contributed by atoms with Crippen LogP contribution in [0, 0.1) is 5.82 Å². The van der Waals surface area contributed by atoms with E-state index in [0.29, 0.717) is 31.7 Å². The Balaban J connectivity index is 2.41. The predicted molar refractivity (Wildman–Crippen MR) is 66.9 cm³/mol. The summed E-state index contributed by atoms with van der Waals surface area (Å²) in [4.78, 5) is 0. The van der Waals surface area contributed by atoms with Crippen molar-refractivity contribution in [3.63, 3.8) is 0 Å². The summed E-state index contributed by atoms with van der Waals surface area (Å²) in [5.74, 6) is -0.573. The zero-order chi connectivity index (χ0) is 13.6. The summed E-state index contributed by atoms with van der Waals surface area (Å²) >= 11 is 0. The Kier molecular flexibility index (Phi) is 5.53. The molecule has 0 amide bonds. The normalized spacial score (nSPS) is 14.4. The molecule has 0 heterocycles. The van der Waals surface area contributed by atoms with Crippen molar-refractivity contribution < 1.29 is 19.3 Å². The Hall–Kier alpha value is -1.17. The fourth-order valence-corrected chi connectivity index (χ4v) is 1.62. The van der Waals surface area contributed by atoms with E-state index in [1.54, 1.807) is 14.0 Å². The quantitative estimate of drug-likeness (QED) is 0.691. The lowest BCUT2D eigenvalue weighted by Crippen LogP contribution is -2.38. The standard InChI is InChI=1S/C13H20FNO3/c1-13(17,3-4-18-2)9-15-8-10-5-11(14)7-12(16)6-10/h5-7,15-17H,3-4,8-9H2,1-2H3. The highest BCUT2D eigenvalue weighted by Crippen LogP contribution is 2.15. The number of phenolic OH excluding ortho intramolecular Hbond substituents is 1. The van der Waals surface area contributed by atoms with Crippen molar-refractivity contribution in [3.05, 3.63) is 29.6 Å². The van der Waals surface area contributed by atoms with Crippen LogP contribution in [0.25, 0.3) is 0 Å². The molecule has 0 spiro atoms. The molecule has 0 aromatic heterocycles. The van der Waals surface area contributed by atoms with E-state index in [9.17, 15) is 14.6 Å². The molecule has 0 saturated carbocycles. The first-order valence-electron chi connectivity index (χ1n) is 5.83. The van der Waals surface area contributed by atoms with Gasteiger partial charge in [-0.25, -0.2) is 4.39 Å². The molecule has 1 atom stereocenters. The van der Waals surface area contributed by atoms with Crippen LogP contribution in [0.3, 0.4) is 0 Å². The van der Waals surface area contributed by atoms with Crippen molar-refractivity contribution in [1.82, 2.24) is 5.32 Å². The number of hydrogen-bond acceptors (Lipinski definition) is 4. The molecule has 18 heavy (non-hydrogen) atoms. The van der Waals surface area contributed by atoms with Gasteiger partial charge in [-0.2, -0.15) is 0 Å². The van der Waals surface area contributed by atoms with E-state index >= 15 is 0 Å². The lowest BCUT2D eigenvalue weighted by Gasteiger charge is -2.23. The number of nitrogens with one attached hydrogen (secondary N) is 1. The van der Waals surface area contributed by atoms with Gasteiger partial charge in [0, 0.05) is 39.3 Å². The van der Waals surface area contributed by atoms with Crippen LogP contribution in [-0.2, 0) is 11.3 Å². The average Bonchev–Trinajstić information content (AvgIpc) is 2.25. The lowest BCUT2D eigenvalue weighted by molar-refractivity contribution is 0.0247. The smallest absolute Gasteiger partial charge is 0.127 e. The number of methoxy groups -OCH3 is 1. The van der Waals surface area contributed by atoms with Gasteiger partial charge in [-0.15, -0.1) is 0 Å². The number of phenols is 1. The first-order chi connectivity index (χ1) is 8.43. The van der Waals surface area contributed by atoms with Gasteiger partial charge < -0.3 is 20.3 Å². The van der Waals surface area contributed by atoms with Gasteiger partial charge in [-0.1, -0.05) is 0 Å². The van der Waals surface area contributed by atoms with Gasteiger partial charge >= 0.3 is 0 Å². The van der Waals surface area contributed by atoms with E-state index < -0.39 is 11.4 Å². The molecule has 1 unspecified atom stereocenters. The fourth-order valence-electron chi connectivity index (χ4n) is 1.62. The zero-order valence-electron chi connectivity index (χ0n) is 10.7. The van der Waals surface area contributed by atoms with E-state index in [2.05, 4.69) is 5.32 Å². The minimum atomic E-state index is -0.870. The van der Waals surface area contributed by atoms with Crippen LogP contribution in [0.2, 0.25) is 0 Å². The molecule has 0 fully saturated rings. The van der Waals surface area contributed by atoms with Crippen molar-refractivity contribution in [2.45, 2.75) is 25.5 Å². The maximum absolute atomic E-state index is 13.0. The SMILES string of the molecule is COCCC(C)(O)CNCc1cc(O)cc(F)c1. The molecular weight excluding hydrogens is 237 g/mol. The van der Waals surface area contributed by atoms with Gasteiger partial charge in [0.05, 0.1) is 5.60 Å². The fraction of sp³-hybridized carbons (Fsp3) is 0.538. The van der Waals surface area contributed by atoms with Crippen molar-refractivity contribution in [3.8, 4) is 5.75 Å². The first kappa shape index (κ1) is 14.9. The van der Waals surface area contributed by atoms with Crippen LogP contribution < -0.4 is 5.32 Å². The van der Waals surface area contributed by atoms with Crippen molar-refractivity contribution in [2.24, 2.45) is 0 Å². The van der Waals surface area contributed by atoms with E-state index in [4.69, 9.17) is 4.74 Å². The molecule has 0 aliphatic carbocycles. The number of aromatic hydroxyl groups is 1. The number of ether oxygens (including phenoxy) is 1. The molecule has 1 aromatic rings. The maximum Gasteiger partial charge on any atom is 0.127 e. The number of aliphatic hydroxyl groups is 1. The third-order valence-corrected chi connectivity index (χ3v) is 2.62. The largest absolute Gasteiger partial charge is 0.508 e. The highest BCUT2D eigenvalue weighted by molar-refractivity contribution is 5.28. The second-order valence-electron chi connectivity index (χ2n) is 4.66. The van der Waals surface area contributed by atoms with E-state index in [1.807, 2.05) is 0 Å². The van der Waals surface area contributed by atoms with Crippen molar-refractivity contribution in [1.29, 1.82) is 0 Å². The molecule has 0 aliphatic rings. The number of rotatable bonds is 7. The summed E-state index contributed by atoms with van der Waals surface area (Å²) in [5, 5.41) is 22.2. The molecule has 0 saturated heterocycles. The minimum Gasteiger partial charge on any atom is -0.508 e. The van der Waals surface area contributed by atoms with Gasteiger partial charge in [0.2, 0.25) is 0 Å². The summed E-state index contributed by atoms with van der Waals surface area (Å²) in [6.45, 7) is 2.94. The monoisotopic (exact) mass is 257 g/mol. The molecule has 4 nitrogen and oxygen atoms in total. The third kappa shape index (κ3) is 5.44. The van der Waals surface area contributed by atoms with Gasteiger partial charge in [-0.05, 0) is 24.6 Å². The molecular formula is C13H20FNO3. The Morgan fingerprint density at radius 3 is 2.72 bits per heavy atom. The van der Waals surface area contributed by atoms with Crippen molar-refractivity contribution in [2.75, 3.05) is 20.3 Å².